The van der Waals surface area contributed by atoms with E-state index in [1.807, 2.05) is 47.9 Å². The summed E-state index contributed by atoms with van der Waals surface area (Å²) in [5.41, 5.74) is 4.57. The maximum absolute atomic E-state index is 12.5. The number of allylic oxidation sites excluding steroid dienone is 1. The fourth-order valence-corrected chi connectivity index (χ4v) is 3.78. The first kappa shape index (κ1) is 20.9. The van der Waals surface area contributed by atoms with Crippen LogP contribution in [0.1, 0.15) is 29.7 Å². The molecule has 2 aromatic carbocycles. The topological polar surface area (TPSA) is 59.8 Å². The van der Waals surface area contributed by atoms with Gasteiger partial charge in [-0.25, -0.2) is 0 Å². The first-order valence-electron chi connectivity index (χ1n) is 9.58. The van der Waals surface area contributed by atoms with Gasteiger partial charge in [0.2, 0.25) is 5.91 Å². The Morgan fingerprint density at radius 2 is 1.93 bits per heavy atom. The molecule has 0 fully saturated rings. The fraction of sp³-hybridized carbons (Fsp3) is 0.261. The van der Waals surface area contributed by atoms with E-state index in [1.54, 1.807) is 0 Å². The van der Waals surface area contributed by atoms with E-state index in [0.29, 0.717) is 11.7 Å². The van der Waals surface area contributed by atoms with Gasteiger partial charge in [-0.2, -0.15) is 0 Å². The molecule has 0 saturated heterocycles. The highest BCUT2D eigenvalue weighted by molar-refractivity contribution is 7.99. The smallest absolute Gasteiger partial charge is 0.230 e. The van der Waals surface area contributed by atoms with E-state index in [1.165, 1.54) is 22.9 Å². The minimum Gasteiger partial charge on any atom is -0.349 e. The maximum Gasteiger partial charge on any atom is 0.230 e. The number of hydrogen-bond acceptors (Lipinski definition) is 4. The maximum atomic E-state index is 12.5. The summed E-state index contributed by atoms with van der Waals surface area (Å²) >= 11 is 1.38. The third-order valence-corrected chi connectivity index (χ3v) is 5.77. The largest absolute Gasteiger partial charge is 0.349 e. The third kappa shape index (κ3) is 5.15. The highest BCUT2D eigenvalue weighted by Gasteiger charge is 2.16. The second-order valence-electron chi connectivity index (χ2n) is 6.99. The van der Waals surface area contributed by atoms with Gasteiger partial charge in [0, 0.05) is 12.1 Å². The molecule has 0 aliphatic carbocycles. The number of nitrogens with one attached hydrogen (secondary N) is 1. The zero-order valence-corrected chi connectivity index (χ0v) is 17.9. The van der Waals surface area contributed by atoms with Crippen LogP contribution in [-0.4, -0.2) is 26.4 Å². The lowest BCUT2D eigenvalue weighted by atomic mass is 10.0. The summed E-state index contributed by atoms with van der Waals surface area (Å²) in [4.78, 5) is 12.5. The predicted molar refractivity (Wildman–Crippen MR) is 119 cm³/mol. The normalized spacial score (nSPS) is 11.8. The number of thioether (sulfide) groups is 1. The van der Waals surface area contributed by atoms with Crippen molar-refractivity contribution >= 4 is 17.7 Å². The van der Waals surface area contributed by atoms with Gasteiger partial charge < -0.3 is 5.32 Å². The number of aryl methyl sites for hydroxylation is 2. The highest BCUT2D eigenvalue weighted by Crippen LogP contribution is 2.24. The van der Waals surface area contributed by atoms with Crippen molar-refractivity contribution in [3.05, 3.63) is 77.9 Å². The van der Waals surface area contributed by atoms with Crippen LogP contribution in [0.4, 0.5) is 0 Å². The van der Waals surface area contributed by atoms with E-state index in [4.69, 9.17) is 0 Å². The van der Waals surface area contributed by atoms with Gasteiger partial charge in [-0.15, -0.1) is 16.8 Å². The zero-order chi connectivity index (χ0) is 20.8. The van der Waals surface area contributed by atoms with Crippen LogP contribution in [0.5, 0.6) is 0 Å². The number of aromatic nitrogens is 3. The number of carbonyl (C=O) groups excluding carboxylic acids is 1. The van der Waals surface area contributed by atoms with Gasteiger partial charge >= 0.3 is 0 Å². The van der Waals surface area contributed by atoms with Gasteiger partial charge in [0.25, 0.3) is 0 Å². The number of carbonyl (C=O) groups is 1. The number of rotatable bonds is 8. The van der Waals surface area contributed by atoms with Crippen molar-refractivity contribution in [2.75, 3.05) is 5.75 Å². The molecule has 0 aliphatic heterocycles. The summed E-state index contributed by atoms with van der Waals surface area (Å²) in [6, 6.07) is 16.1. The monoisotopic (exact) mass is 406 g/mol. The standard InChI is InChI=1S/C23H26N4OS/c1-5-13-27-22(19-9-7-6-8-10-19)25-26-23(27)29-15-21(28)24-18(4)20-12-11-16(2)17(3)14-20/h5-12,14,18H,1,13,15H2,2-4H3,(H,24,28). The average Bonchev–Trinajstić information content (AvgIpc) is 3.12. The minimum atomic E-state index is -0.0478. The molecule has 3 rings (SSSR count). The summed E-state index contributed by atoms with van der Waals surface area (Å²) < 4.78 is 1.98. The summed E-state index contributed by atoms with van der Waals surface area (Å²) in [6.45, 7) is 10.6. The Bertz CT molecular complexity index is 997. The van der Waals surface area contributed by atoms with Gasteiger partial charge in [0.1, 0.15) is 0 Å². The second kappa shape index (κ2) is 9.56. The van der Waals surface area contributed by atoms with Crippen molar-refractivity contribution in [1.82, 2.24) is 20.1 Å². The molecule has 1 amide bonds. The van der Waals surface area contributed by atoms with Crippen molar-refractivity contribution in [1.29, 1.82) is 0 Å². The lowest BCUT2D eigenvalue weighted by Gasteiger charge is -2.15. The minimum absolute atomic E-state index is 0.0323. The summed E-state index contributed by atoms with van der Waals surface area (Å²) in [5.74, 6) is 1.02. The van der Waals surface area contributed by atoms with E-state index in [-0.39, 0.29) is 17.7 Å². The Labute approximate surface area is 176 Å². The van der Waals surface area contributed by atoms with Crippen LogP contribution < -0.4 is 5.32 Å². The Morgan fingerprint density at radius 1 is 1.17 bits per heavy atom. The summed E-state index contributed by atoms with van der Waals surface area (Å²) in [5, 5.41) is 12.4. The Hall–Kier alpha value is -2.86. The molecule has 1 atom stereocenters. The molecule has 1 unspecified atom stereocenters. The van der Waals surface area contributed by atoms with Gasteiger partial charge in [-0.3, -0.25) is 9.36 Å². The van der Waals surface area contributed by atoms with E-state index < -0.39 is 0 Å². The molecule has 0 aliphatic rings. The van der Waals surface area contributed by atoms with Crippen molar-refractivity contribution < 1.29 is 4.79 Å². The van der Waals surface area contributed by atoms with Gasteiger partial charge in [-0.05, 0) is 37.5 Å². The predicted octanol–water partition coefficient (Wildman–Crippen LogP) is 4.72. The summed E-state index contributed by atoms with van der Waals surface area (Å²) in [7, 11) is 0. The number of hydrogen-bond donors (Lipinski definition) is 1. The molecule has 150 valence electrons. The molecular weight excluding hydrogens is 380 g/mol. The van der Waals surface area contributed by atoms with E-state index in [2.05, 4.69) is 54.1 Å². The lowest BCUT2D eigenvalue weighted by Crippen LogP contribution is -2.28. The molecule has 1 N–H and O–H groups in total. The molecular formula is C23H26N4OS. The van der Waals surface area contributed by atoms with Crippen LogP contribution in [-0.2, 0) is 11.3 Å². The van der Waals surface area contributed by atoms with Gasteiger partial charge in [0.15, 0.2) is 11.0 Å². The van der Waals surface area contributed by atoms with Crippen LogP contribution in [0.15, 0.2) is 66.3 Å². The van der Waals surface area contributed by atoms with E-state index >= 15 is 0 Å². The van der Waals surface area contributed by atoms with Crippen molar-refractivity contribution in [2.24, 2.45) is 0 Å². The van der Waals surface area contributed by atoms with E-state index in [9.17, 15) is 4.79 Å². The van der Waals surface area contributed by atoms with Gasteiger partial charge in [-0.1, -0.05) is 66.4 Å². The molecule has 1 heterocycles. The first-order valence-corrected chi connectivity index (χ1v) is 10.6. The highest BCUT2D eigenvalue weighted by atomic mass is 32.2. The number of amides is 1. The van der Waals surface area contributed by atoms with Crippen LogP contribution in [0.2, 0.25) is 0 Å². The Morgan fingerprint density at radius 3 is 2.62 bits per heavy atom. The molecule has 0 spiro atoms. The van der Waals surface area contributed by atoms with Crippen molar-refractivity contribution in [3.8, 4) is 11.4 Å². The van der Waals surface area contributed by atoms with E-state index in [0.717, 1.165) is 17.0 Å². The van der Waals surface area contributed by atoms with Crippen molar-refractivity contribution in [3.63, 3.8) is 0 Å². The van der Waals surface area contributed by atoms with Crippen LogP contribution in [0.25, 0.3) is 11.4 Å². The average molecular weight is 407 g/mol. The third-order valence-electron chi connectivity index (χ3n) is 4.80. The fourth-order valence-electron chi connectivity index (χ4n) is 3.02. The van der Waals surface area contributed by atoms with Gasteiger partial charge in [0.05, 0.1) is 11.8 Å². The second-order valence-corrected chi connectivity index (χ2v) is 7.94. The molecule has 29 heavy (non-hydrogen) atoms. The van der Waals surface area contributed by atoms with Crippen molar-refractivity contribution in [2.45, 2.75) is 38.5 Å². The van der Waals surface area contributed by atoms with Crippen LogP contribution in [0.3, 0.4) is 0 Å². The molecule has 6 heteroatoms. The molecule has 0 radical (unpaired) electrons. The number of nitrogens with zero attached hydrogens (tertiary/aromatic N) is 3. The summed E-state index contributed by atoms with van der Waals surface area (Å²) in [6.07, 6.45) is 1.81. The first-order chi connectivity index (χ1) is 14.0. The molecule has 5 nitrogen and oxygen atoms in total. The van der Waals surface area contributed by atoms with Crippen LogP contribution in [0, 0.1) is 13.8 Å². The lowest BCUT2D eigenvalue weighted by molar-refractivity contribution is -0.119. The molecule has 3 aromatic rings. The van der Waals surface area contributed by atoms with Crippen LogP contribution >= 0.6 is 11.8 Å². The quantitative estimate of drug-likeness (QED) is 0.434. The Kier molecular flexibility index (Phi) is 6.88. The molecule has 1 aromatic heterocycles. The number of benzene rings is 2. The zero-order valence-electron chi connectivity index (χ0n) is 17.1. The Balaban J connectivity index is 1.66. The molecule has 0 saturated carbocycles. The molecule has 0 bridgehead atoms. The SMILES string of the molecule is C=CCn1c(SCC(=O)NC(C)c2ccc(C)c(C)c2)nnc1-c1ccccc1.